The van der Waals surface area contributed by atoms with Crippen LogP contribution in [0.1, 0.15) is 56.4 Å². The number of carbonyl (C=O) groups is 3. The Labute approximate surface area is 213 Å². The van der Waals surface area contributed by atoms with Crippen molar-refractivity contribution in [1.82, 2.24) is 20.9 Å². The normalized spacial score (nSPS) is 20.3. The van der Waals surface area contributed by atoms with Gasteiger partial charge in [-0.05, 0) is 51.2 Å². The second-order valence-corrected chi connectivity index (χ2v) is 10.6. The molecule has 0 spiro atoms. The SMILES string of the molecule is COc1c(Cl)c(F)cc2[nH]c(C(=O)N[C@@H](CC3CC3)C(=O)N[C@H](C#N)C[C@@H]3CC(C)(C)NC3=O)cc12. The van der Waals surface area contributed by atoms with Crippen molar-refractivity contribution < 1.29 is 23.5 Å². The molecule has 11 heteroatoms. The molecule has 0 unspecified atom stereocenters. The number of carbonyl (C=O) groups excluding carboxylic acids is 3. The minimum atomic E-state index is -0.872. The molecule has 4 rings (SSSR count). The molecular formula is C25H29ClFN5O4. The van der Waals surface area contributed by atoms with E-state index in [1.165, 1.54) is 19.2 Å². The van der Waals surface area contributed by atoms with Crippen molar-refractivity contribution in [3.63, 3.8) is 0 Å². The first-order valence-corrected chi connectivity index (χ1v) is 12.3. The number of aromatic nitrogens is 1. The van der Waals surface area contributed by atoms with Crippen LogP contribution in [-0.4, -0.2) is 47.4 Å². The van der Waals surface area contributed by atoms with Crippen molar-refractivity contribution in [3.05, 3.63) is 28.7 Å². The molecule has 2 aliphatic rings. The molecular weight excluding hydrogens is 489 g/mol. The second-order valence-electron chi connectivity index (χ2n) is 10.3. The molecule has 1 aliphatic carbocycles. The first-order chi connectivity index (χ1) is 17.0. The Morgan fingerprint density at radius 3 is 2.61 bits per heavy atom. The summed E-state index contributed by atoms with van der Waals surface area (Å²) in [6.07, 6.45) is 3.10. The van der Waals surface area contributed by atoms with Crippen LogP contribution in [0.3, 0.4) is 0 Å². The zero-order valence-corrected chi connectivity index (χ0v) is 21.1. The molecule has 3 amide bonds. The van der Waals surface area contributed by atoms with Crippen molar-refractivity contribution in [2.75, 3.05) is 7.11 Å². The molecule has 0 bridgehead atoms. The maximum Gasteiger partial charge on any atom is 0.268 e. The number of rotatable bonds is 9. The van der Waals surface area contributed by atoms with E-state index < -0.39 is 29.7 Å². The number of hydrogen-bond donors (Lipinski definition) is 4. The second kappa shape index (κ2) is 9.97. The van der Waals surface area contributed by atoms with Gasteiger partial charge in [0.05, 0.1) is 18.7 Å². The molecule has 2 aromatic rings. The largest absolute Gasteiger partial charge is 0.494 e. The van der Waals surface area contributed by atoms with Gasteiger partial charge in [-0.1, -0.05) is 24.4 Å². The van der Waals surface area contributed by atoms with E-state index >= 15 is 0 Å². The molecule has 1 saturated carbocycles. The summed E-state index contributed by atoms with van der Waals surface area (Å²) in [6, 6.07) is 2.98. The van der Waals surface area contributed by atoms with Gasteiger partial charge in [0, 0.05) is 16.8 Å². The van der Waals surface area contributed by atoms with Gasteiger partial charge in [0.15, 0.2) is 0 Å². The van der Waals surface area contributed by atoms with Crippen molar-refractivity contribution in [2.24, 2.45) is 11.8 Å². The van der Waals surface area contributed by atoms with Crippen molar-refractivity contribution >= 4 is 40.2 Å². The Kier molecular flexibility index (Phi) is 7.14. The minimum absolute atomic E-state index is 0.102. The van der Waals surface area contributed by atoms with E-state index in [-0.39, 0.29) is 40.3 Å². The van der Waals surface area contributed by atoms with Gasteiger partial charge in [-0.2, -0.15) is 5.26 Å². The van der Waals surface area contributed by atoms with Gasteiger partial charge in [0.1, 0.15) is 34.4 Å². The van der Waals surface area contributed by atoms with Gasteiger partial charge in [-0.25, -0.2) is 4.39 Å². The van der Waals surface area contributed by atoms with Crippen LogP contribution in [0.5, 0.6) is 5.75 Å². The first-order valence-electron chi connectivity index (χ1n) is 11.9. The number of halogens is 2. The van der Waals surface area contributed by atoms with E-state index in [9.17, 15) is 24.0 Å². The van der Waals surface area contributed by atoms with Crippen LogP contribution in [-0.2, 0) is 9.59 Å². The lowest BCUT2D eigenvalue weighted by Crippen LogP contribution is -2.50. The summed E-state index contributed by atoms with van der Waals surface area (Å²) in [6.45, 7) is 3.82. The third-order valence-corrected chi connectivity index (χ3v) is 7.04. The number of H-pyrrole nitrogens is 1. The fraction of sp³-hybridized carbons (Fsp3) is 0.520. The third kappa shape index (κ3) is 5.57. The van der Waals surface area contributed by atoms with Crippen LogP contribution in [0, 0.1) is 29.0 Å². The Hall–Kier alpha value is -3.32. The summed E-state index contributed by atoms with van der Waals surface area (Å²) < 4.78 is 19.3. The van der Waals surface area contributed by atoms with Gasteiger partial charge in [-0.3, -0.25) is 14.4 Å². The molecule has 0 radical (unpaired) electrons. The zero-order chi connectivity index (χ0) is 26.2. The molecule has 1 aromatic carbocycles. The number of benzene rings is 1. The Morgan fingerprint density at radius 2 is 2.03 bits per heavy atom. The number of ether oxygens (including phenoxy) is 1. The highest BCUT2D eigenvalue weighted by atomic mass is 35.5. The molecule has 1 aromatic heterocycles. The summed E-state index contributed by atoms with van der Waals surface area (Å²) in [5, 5.41) is 18.2. The standard InChI is InChI=1S/C25H29ClFN5O4/c1-25(2)10-13(22(33)32-25)7-14(11-28)29-23(34)18(6-12-4-5-12)31-24(35)19-8-15-17(30-19)9-16(27)20(26)21(15)36-3/h8-9,12-14,18,30H,4-7,10H2,1-3H3,(H,29,34)(H,31,35)(H,32,33)/t13-,14+,18+/m1/s1. The summed E-state index contributed by atoms with van der Waals surface area (Å²) in [4.78, 5) is 41.2. The minimum Gasteiger partial charge on any atom is -0.494 e. The van der Waals surface area contributed by atoms with Crippen LogP contribution >= 0.6 is 11.6 Å². The smallest absolute Gasteiger partial charge is 0.268 e. The maximum absolute atomic E-state index is 14.1. The summed E-state index contributed by atoms with van der Waals surface area (Å²) >= 11 is 5.98. The van der Waals surface area contributed by atoms with Crippen LogP contribution in [0.15, 0.2) is 12.1 Å². The van der Waals surface area contributed by atoms with Crippen LogP contribution < -0.4 is 20.7 Å². The van der Waals surface area contributed by atoms with E-state index in [1.807, 2.05) is 13.8 Å². The zero-order valence-electron chi connectivity index (χ0n) is 20.3. The highest BCUT2D eigenvalue weighted by molar-refractivity contribution is 6.33. The molecule has 9 nitrogen and oxygen atoms in total. The van der Waals surface area contributed by atoms with E-state index in [0.29, 0.717) is 29.7 Å². The molecule has 2 fully saturated rings. The third-order valence-electron chi connectivity index (χ3n) is 6.69. The summed E-state index contributed by atoms with van der Waals surface area (Å²) in [7, 11) is 1.35. The lowest BCUT2D eigenvalue weighted by Gasteiger charge is -2.21. The van der Waals surface area contributed by atoms with Gasteiger partial charge in [-0.15, -0.1) is 0 Å². The van der Waals surface area contributed by atoms with Crippen LogP contribution in [0.25, 0.3) is 10.9 Å². The molecule has 4 N–H and O–H groups in total. The average molecular weight is 518 g/mol. The molecule has 3 atom stereocenters. The van der Waals surface area contributed by atoms with Gasteiger partial charge in [0.2, 0.25) is 11.8 Å². The topological polar surface area (TPSA) is 136 Å². The molecule has 2 heterocycles. The van der Waals surface area contributed by atoms with Crippen molar-refractivity contribution in [2.45, 2.75) is 63.6 Å². The lowest BCUT2D eigenvalue weighted by atomic mass is 9.92. The number of nitrogens with zero attached hydrogens (tertiary/aromatic N) is 1. The van der Waals surface area contributed by atoms with Gasteiger partial charge < -0.3 is 25.7 Å². The lowest BCUT2D eigenvalue weighted by molar-refractivity contribution is -0.125. The Morgan fingerprint density at radius 1 is 1.31 bits per heavy atom. The van der Waals surface area contributed by atoms with Crippen LogP contribution in [0.4, 0.5) is 4.39 Å². The quantitative estimate of drug-likeness (QED) is 0.405. The van der Waals surface area contributed by atoms with E-state index in [2.05, 4.69) is 27.0 Å². The number of nitrogens with one attached hydrogen (secondary N) is 4. The number of hydrogen-bond acceptors (Lipinski definition) is 5. The van der Waals surface area contributed by atoms with Gasteiger partial charge >= 0.3 is 0 Å². The van der Waals surface area contributed by atoms with E-state index in [4.69, 9.17) is 16.3 Å². The Bertz CT molecular complexity index is 1250. The number of methoxy groups -OCH3 is 1. The predicted molar refractivity (Wildman–Crippen MR) is 131 cm³/mol. The fourth-order valence-corrected chi connectivity index (χ4v) is 4.99. The van der Waals surface area contributed by atoms with E-state index in [0.717, 1.165) is 12.8 Å². The average Bonchev–Trinajstić information content (AvgIpc) is 3.47. The highest BCUT2D eigenvalue weighted by Gasteiger charge is 2.39. The molecule has 192 valence electrons. The van der Waals surface area contributed by atoms with Crippen molar-refractivity contribution in [3.8, 4) is 11.8 Å². The van der Waals surface area contributed by atoms with Crippen LogP contribution in [0.2, 0.25) is 5.02 Å². The van der Waals surface area contributed by atoms with Crippen molar-refractivity contribution in [1.29, 1.82) is 5.26 Å². The fourth-order valence-electron chi connectivity index (χ4n) is 4.75. The molecule has 1 aliphatic heterocycles. The summed E-state index contributed by atoms with van der Waals surface area (Å²) in [5.41, 5.74) is 0.0774. The summed E-state index contributed by atoms with van der Waals surface area (Å²) in [5.74, 6) is -1.84. The number of nitriles is 1. The molecule has 36 heavy (non-hydrogen) atoms. The first kappa shape index (κ1) is 25.8. The molecule has 1 saturated heterocycles. The van der Waals surface area contributed by atoms with E-state index in [1.54, 1.807) is 0 Å². The highest BCUT2D eigenvalue weighted by Crippen LogP contribution is 2.36. The number of fused-ring (bicyclic) bond motifs is 1. The monoisotopic (exact) mass is 517 g/mol. The number of aromatic amines is 1. The predicted octanol–water partition coefficient (Wildman–Crippen LogP) is 3.18. The maximum atomic E-state index is 14.1. The Balaban J connectivity index is 1.47. The van der Waals surface area contributed by atoms with Gasteiger partial charge in [0.25, 0.3) is 5.91 Å². The number of amides is 3.